The summed E-state index contributed by atoms with van der Waals surface area (Å²) >= 11 is 0. The number of anilines is 1. The van der Waals surface area contributed by atoms with Crippen LogP contribution in [0.5, 0.6) is 0 Å². The average Bonchev–Trinajstić information content (AvgIpc) is 2.28. The molecule has 0 spiro atoms. The van der Waals surface area contributed by atoms with Crippen LogP contribution in [0.3, 0.4) is 0 Å². The van der Waals surface area contributed by atoms with Gasteiger partial charge in [0.25, 0.3) is 0 Å². The number of carbonyl (C=O) groups is 1. The second kappa shape index (κ2) is 6.49. The number of alkyl halides is 1. The van der Waals surface area contributed by atoms with Crippen LogP contribution in [0, 0.1) is 0 Å². The Morgan fingerprint density at radius 1 is 1.28 bits per heavy atom. The molecule has 1 aromatic carbocycles. The van der Waals surface area contributed by atoms with Crippen molar-refractivity contribution in [3.8, 4) is 0 Å². The highest BCUT2D eigenvalue weighted by Crippen LogP contribution is 2.10. The van der Waals surface area contributed by atoms with E-state index >= 15 is 0 Å². The summed E-state index contributed by atoms with van der Waals surface area (Å²) in [6.07, 6.45) is 0.888. The molecule has 100 valence electrons. The third-order valence-electron chi connectivity index (χ3n) is 2.39. The molecular formula is C12H16FNO3S. The van der Waals surface area contributed by atoms with Gasteiger partial charge in [0.05, 0.1) is 5.75 Å². The van der Waals surface area contributed by atoms with Crippen LogP contribution < -0.4 is 5.32 Å². The van der Waals surface area contributed by atoms with Crippen molar-refractivity contribution in [3.63, 3.8) is 0 Å². The van der Waals surface area contributed by atoms with E-state index in [0.717, 1.165) is 12.0 Å². The monoisotopic (exact) mass is 273 g/mol. The minimum absolute atomic E-state index is 0.535. The van der Waals surface area contributed by atoms with Gasteiger partial charge in [0, 0.05) is 5.69 Å². The highest BCUT2D eigenvalue weighted by Gasteiger charge is 2.16. The number of hydrogen-bond donors (Lipinski definition) is 1. The molecule has 0 unspecified atom stereocenters. The van der Waals surface area contributed by atoms with E-state index in [1.807, 2.05) is 19.1 Å². The first kappa shape index (κ1) is 14.6. The molecule has 0 aromatic heterocycles. The van der Waals surface area contributed by atoms with Gasteiger partial charge in [-0.15, -0.1) is 0 Å². The minimum Gasteiger partial charge on any atom is -0.325 e. The molecule has 18 heavy (non-hydrogen) atoms. The summed E-state index contributed by atoms with van der Waals surface area (Å²) in [6.45, 7) is 1.04. The maximum absolute atomic E-state index is 11.9. The van der Waals surface area contributed by atoms with Gasteiger partial charge < -0.3 is 5.32 Å². The first-order valence-electron chi connectivity index (χ1n) is 5.62. The van der Waals surface area contributed by atoms with Crippen LogP contribution in [0.4, 0.5) is 10.1 Å². The van der Waals surface area contributed by atoms with Gasteiger partial charge in [-0.1, -0.05) is 19.1 Å². The molecule has 0 heterocycles. The van der Waals surface area contributed by atoms with Crippen molar-refractivity contribution in [2.75, 3.05) is 23.5 Å². The largest absolute Gasteiger partial charge is 0.325 e. The number of benzene rings is 1. The highest BCUT2D eigenvalue weighted by molar-refractivity contribution is 7.92. The van der Waals surface area contributed by atoms with Crippen molar-refractivity contribution >= 4 is 21.4 Å². The third kappa shape index (κ3) is 4.83. The molecule has 6 heteroatoms. The lowest BCUT2D eigenvalue weighted by atomic mass is 10.1. The number of amides is 1. The standard InChI is InChI=1S/C12H16FNO3S/c1-2-10-3-5-11(6-4-10)14-12(15)9-18(16,17)8-7-13/h3-6H,2,7-9H2,1H3,(H,14,15). The highest BCUT2D eigenvalue weighted by atomic mass is 32.2. The number of hydrogen-bond acceptors (Lipinski definition) is 3. The number of halogens is 1. The fourth-order valence-electron chi connectivity index (χ4n) is 1.41. The van der Waals surface area contributed by atoms with E-state index in [0.29, 0.717) is 5.69 Å². The van der Waals surface area contributed by atoms with Gasteiger partial charge in [-0.2, -0.15) is 0 Å². The smallest absolute Gasteiger partial charge is 0.239 e. The molecule has 0 aliphatic heterocycles. The summed E-state index contributed by atoms with van der Waals surface area (Å²) in [5, 5.41) is 2.47. The quantitative estimate of drug-likeness (QED) is 0.855. The van der Waals surface area contributed by atoms with Crippen molar-refractivity contribution in [2.45, 2.75) is 13.3 Å². The third-order valence-corrected chi connectivity index (χ3v) is 3.86. The minimum atomic E-state index is -3.65. The molecule has 0 aliphatic carbocycles. The average molecular weight is 273 g/mol. The summed E-state index contributed by atoms with van der Waals surface area (Å²) in [5.74, 6) is -1.95. The maximum Gasteiger partial charge on any atom is 0.239 e. The predicted molar refractivity (Wildman–Crippen MR) is 69.1 cm³/mol. The van der Waals surface area contributed by atoms with Crippen LogP contribution in [0.1, 0.15) is 12.5 Å². The molecule has 1 aromatic rings. The van der Waals surface area contributed by atoms with Gasteiger partial charge in [-0.3, -0.25) is 4.79 Å². The summed E-state index contributed by atoms with van der Waals surface area (Å²) in [4.78, 5) is 11.4. The molecule has 0 aliphatic rings. The van der Waals surface area contributed by atoms with E-state index in [1.165, 1.54) is 0 Å². The van der Waals surface area contributed by atoms with Crippen molar-refractivity contribution in [1.82, 2.24) is 0 Å². The number of sulfone groups is 1. The Balaban J connectivity index is 2.59. The fraction of sp³-hybridized carbons (Fsp3) is 0.417. The summed E-state index contributed by atoms with van der Waals surface area (Å²) in [5.41, 5.74) is 1.66. The van der Waals surface area contributed by atoms with Crippen molar-refractivity contribution < 1.29 is 17.6 Å². The van der Waals surface area contributed by atoms with Gasteiger partial charge in [-0.05, 0) is 24.1 Å². The van der Waals surface area contributed by atoms with Gasteiger partial charge in [0.2, 0.25) is 5.91 Å². The number of nitrogens with one attached hydrogen (secondary N) is 1. The molecule has 0 saturated carbocycles. The Morgan fingerprint density at radius 2 is 1.89 bits per heavy atom. The maximum atomic E-state index is 11.9. The molecule has 0 fully saturated rings. The van der Waals surface area contributed by atoms with Crippen LogP contribution >= 0.6 is 0 Å². The fourth-order valence-corrected chi connectivity index (χ4v) is 2.26. The molecule has 4 nitrogen and oxygen atoms in total. The lowest BCUT2D eigenvalue weighted by Crippen LogP contribution is -2.25. The van der Waals surface area contributed by atoms with Crippen LogP contribution in [-0.4, -0.2) is 32.5 Å². The van der Waals surface area contributed by atoms with Crippen LogP contribution in [0.15, 0.2) is 24.3 Å². The Morgan fingerprint density at radius 3 is 2.39 bits per heavy atom. The van der Waals surface area contributed by atoms with Gasteiger partial charge in [0.15, 0.2) is 9.84 Å². The summed E-state index contributed by atoms with van der Waals surface area (Å²) in [7, 11) is -3.65. The summed E-state index contributed by atoms with van der Waals surface area (Å²) < 4.78 is 34.4. The van der Waals surface area contributed by atoms with Gasteiger partial charge in [0.1, 0.15) is 12.4 Å². The molecule has 0 bridgehead atoms. The molecule has 1 rings (SSSR count). The van der Waals surface area contributed by atoms with E-state index in [-0.39, 0.29) is 0 Å². The zero-order valence-corrected chi connectivity index (χ0v) is 11.0. The van der Waals surface area contributed by atoms with Crippen LogP contribution in [-0.2, 0) is 21.1 Å². The first-order valence-corrected chi connectivity index (χ1v) is 7.44. The van der Waals surface area contributed by atoms with Crippen LogP contribution in [0.2, 0.25) is 0 Å². The Labute approximate surface area is 106 Å². The number of carbonyl (C=O) groups excluding carboxylic acids is 1. The van der Waals surface area contributed by atoms with Gasteiger partial charge in [-0.25, -0.2) is 12.8 Å². The molecule has 1 amide bonds. The zero-order chi connectivity index (χ0) is 13.6. The van der Waals surface area contributed by atoms with Crippen molar-refractivity contribution in [3.05, 3.63) is 29.8 Å². The van der Waals surface area contributed by atoms with Gasteiger partial charge >= 0.3 is 0 Å². The lowest BCUT2D eigenvalue weighted by molar-refractivity contribution is -0.113. The first-order chi connectivity index (χ1) is 8.46. The van der Waals surface area contributed by atoms with E-state index in [2.05, 4.69) is 5.32 Å². The molecular weight excluding hydrogens is 257 g/mol. The molecule has 0 radical (unpaired) electrons. The van der Waals surface area contributed by atoms with Crippen molar-refractivity contribution in [1.29, 1.82) is 0 Å². The Bertz CT molecular complexity index is 497. The van der Waals surface area contributed by atoms with E-state index in [4.69, 9.17) is 0 Å². The second-order valence-electron chi connectivity index (χ2n) is 3.88. The zero-order valence-electron chi connectivity index (χ0n) is 10.1. The predicted octanol–water partition coefficient (Wildman–Crippen LogP) is 1.57. The van der Waals surface area contributed by atoms with Crippen molar-refractivity contribution in [2.24, 2.45) is 0 Å². The normalized spacial score (nSPS) is 11.2. The van der Waals surface area contributed by atoms with E-state index in [9.17, 15) is 17.6 Å². The second-order valence-corrected chi connectivity index (χ2v) is 6.06. The lowest BCUT2D eigenvalue weighted by Gasteiger charge is -2.06. The number of rotatable bonds is 6. The molecule has 0 saturated heterocycles. The summed E-state index contributed by atoms with van der Waals surface area (Å²) in [6, 6.07) is 7.12. The molecule has 0 atom stereocenters. The molecule has 1 N–H and O–H groups in total. The Hall–Kier alpha value is -1.43. The topological polar surface area (TPSA) is 63.2 Å². The Kier molecular flexibility index (Phi) is 5.27. The van der Waals surface area contributed by atoms with E-state index < -0.39 is 33.9 Å². The number of aryl methyl sites for hydroxylation is 1. The van der Waals surface area contributed by atoms with E-state index in [1.54, 1.807) is 12.1 Å². The SMILES string of the molecule is CCc1ccc(NC(=O)CS(=O)(=O)CCF)cc1. The van der Waals surface area contributed by atoms with Crippen LogP contribution in [0.25, 0.3) is 0 Å².